The lowest BCUT2D eigenvalue weighted by molar-refractivity contribution is -0.127. The molecule has 4 heteroatoms. The summed E-state index contributed by atoms with van der Waals surface area (Å²) in [6.45, 7) is 5.97. The van der Waals surface area contributed by atoms with Gasteiger partial charge in [-0.3, -0.25) is 4.79 Å². The minimum atomic E-state index is 0.293. The third kappa shape index (κ3) is 3.16. The van der Waals surface area contributed by atoms with Crippen LogP contribution in [0, 0.1) is 13.8 Å². The molecule has 0 N–H and O–H groups in total. The number of aryl methyl sites for hydroxylation is 2. The maximum atomic E-state index is 11.6. The first-order chi connectivity index (χ1) is 10.1. The highest BCUT2D eigenvalue weighted by Crippen LogP contribution is 2.24. The third-order valence-corrected chi connectivity index (χ3v) is 5.03. The van der Waals surface area contributed by atoms with E-state index in [1.54, 1.807) is 11.3 Å². The van der Waals surface area contributed by atoms with Gasteiger partial charge in [-0.2, -0.15) is 0 Å². The molecule has 21 heavy (non-hydrogen) atoms. The first kappa shape index (κ1) is 14.3. The summed E-state index contributed by atoms with van der Waals surface area (Å²) in [7, 11) is 0. The standard InChI is InChI=1S/C17H20N2OS/c1-12-5-6-14(10-13(12)2)15-11-21-16(18-15)7-9-19-8-3-4-17(19)20/h5-6,10-11H,3-4,7-9H2,1-2H3. The number of rotatable bonds is 4. The number of hydrogen-bond donors (Lipinski definition) is 0. The van der Waals surface area contributed by atoms with E-state index >= 15 is 0 Å². The smallest absolute Gasteiger partial charge is 0.222 e. The Balaban J connectivity index is 1.68. The zero-order chi connectivity index (χ0) is 14.8. The minimum Gasteiger partial charge on any atom is -0.342 e. The van der Waals surface area contributed by atoms with E-state index in [4.69, 9.17) is 4.98 Å². The number of likely N-dealkylation sites (tertiary alicyclic amines) is 1. The summed E-state index contributed by atoms with van der Waals surface area (Å²) in [4.78, 5) is 18.3. The van der Waals surface area contributed by atoms with Gasteiger partial charge in [0.15, 0.2) is 0 Å². The number of amides is 1. The maximum Gasteiger partial charge on any atom is 0.222 e. The molecule has 1 aromatic heterocycles. The van der Waals surface area contributed by atoms with Crippen LogP contribution in [-0.4, -0.2) is 28.9 Å². The van der Waals surface area contributed by atoms with Crippen LogP contribution >= 0.6 is 11.3 Å². The molecular formula is C17H20N2OS. The number of benzene rings is 1. The van der Waals surface area contributed by atoms with Gasteiger partial charge in [0.05, 0.1) is 10.7 Å². The third-order valence-electron chi connectivity index (χ3n) is 4.12. The highest BCUT2D eigenvalue weighted by Gasteiger charge is 2.19. The molecule has 0 spiro atoms. The molecule has 1 aromatic carbocycles. The van der Waals surface area contributed by atoms with Crippen LogP contribution in [-0.2, 0) is 11.2 Å². The number of carbonyl (C=O) groups excluding carboxylic acids is 1. The lowest BCUT2D eigenvalue weighted by Gasteiger charge is -2.13. The first-order valence-corrected chi connectivity index (χ1v) is 8.31. The number of nitrogens with zero attached hydrogens (tertiary/aromatic N) is 2. The van der Waals surface area contributed by atoms with Crippen LogP contribution in [0.2, 0.25) is 0 Å². The van der Waals surface area contributed by atoms with Gasteiger partial charge < -0.3 is 4.90 Å². The molecule has 1 fully saturated rings. The fraction of sp³-hybridized carbons (Fsp3) is 0.412. The molecule has 1 aliphatic rings. The Morgan fingerprint density at radius 1 is 1.29 bits per heavy atom. The number of hydrogen-bond acceptors (Lipinski definition) is 3. The minimum absolute atomic E-state index is 0.293. The van der Waals surface area contributed by atoms with Crippen molar-refractivity contribution in [2.24, 2.45) is 0 Å². The summed E-state index contributed by atoms with van der Waals surface area (Å²) in [5.74, 6) is 0.293. The largest absolute Gasteiger partial charge is 0.342 e. The first-order valence-electron chi connectivity index (χ1n) is 7.43. The van der Waals surface area contributed by atoms with Gasteiger partial charge in [0.25, 0.3) is 0 Å². The monoisotopic (exact) mass is 300 g/mol. The van der Waals surface area contributed by atoms with Crippen LogP contribution in [0.25, 0.3) is 11.3 Å². The van der Waals surface area contributed by atoms with Crippen molar-refractivity contribution in [1.29, 1.82) is 0 Å². The van der Waals surface area contributed by atoms with Crippen molar-refractivity contribution in [3.8, 4) is 11.3 Å². The Hall–Kier alpha value is -1.68. The lowest BCUT2D eigenvalue weighted by atomic mass is 10.1. The average molecular weight is 300 g/mol. The Labute approximate surface area is 129 Å². The van der Waals surface area contributed by atoms with E-state index < -0.39 is 0 Å². The number of aromatic nitrogens is 1. The van der Waals surface area contributed by atoms with Gasteiger partial charge in [-0.15, -0.1) is 11.3 Å². The van der Waals surface area contributed by atoms with Crippen LogP contribution in [0.3, 0.4) is 0 Å². The Kier molecular flexibility index (Phi) is 4.06. The van der Waals surface area contributed by atoms with Gasteiger partial charge in [-0.05, 0) is 37.5 Å². The molecule has 0 aliphatic carbocycles. The summed E-state index contributed by atoms with van der Waals surface area (Å²) >= 11 is 1.69. The highest BCUT2D eigenvalue weighted by atomic mass is 32.1. The number of thiazole rings is 1. The molecule has 3 nitrogen and oxygen atoms in total. The molecule has 110 valence electrons. The van der Waals surface area contributed by atoms with Gasteiger partial charge >= 0.3 is 0 Å². The van der Waals surface area contributed by atoms with E-state index in [-0.39, 0.29) is 0 Å². The van der Waals surface area contributed by atoms with E-state index in [0.717, 1.165) is 36.6 Å². The van der Waals surface area contributed by atoms with Crippen molar-refractivity contribution in [1.82, 2.24) is 9.88 Å². The predicted molar refractivity (Wildman–Crippen MR) is 86.5 cm³/mol. The zero-order valence-electron chi connectivity index (χ0n) is 12.6. The van der Waals surface area contributed by atoms with Gasteiger partial charge in [0.1, 0.15) is 0 Å². The second-order valence-corrected chi connectivity index (χ2v) is 6.60. The summed E-state index contributed by atoms with van der Waals surface area (Å²) in [5.41, 5.74) is 4.83. The van der Waals surface area contributed by atoms with Crippen LogP contribution in [0.5, 0.6) is 0 Å². The Morgan fingerprint density at radius 3 is 2.86 bits per heavy atom. The molecule has 2 aromatic rings. The van der Waals surface area contributed by atoms with Crippen LogP contribution in [0.1, 0.15) is 29.0 Å². The molecule has 1 saturated heterocycles. The lowest BCUT2D eigenvalue weighted by Crippen LogP contribution is -2.26. The van der Waals surface area contributed by atoms with E-state index in [0.29, 0.717) is 12.3 Å². The number of carbonyl (C=O) groups is 1. The molecule has 0 radical (unpaired) electrons. The SMILES string of the molecule is Cc1ccc(-c2csc(CCN3CCCC3=O)n2)cc1C. The topological polar surface area (TPSA) is 33.2 Å². The van der Waals surface area contributed by atoms with E-state index in [9.17, 15) is 4.79 Å². The van der Waals surface area contributed by atoms with Crippen molar-refractivity contribution < 1.29 is 4.79 Å². The van der Waals surface area contributed by atoms with Crippen molar-refractivity contribution in [3.63, 3.8) is 0 Å². The van der Waals surface area contributed by atoms with Crippen molar-refractivity contribution in [2.75, 3.05) is 13.1 Å². The van der Waals surface area contributed by atoms with Gasteiger partial charge in [-0.25, -0.2) is 4.98 Å². The normalized spacial score (nSPS) is 15.0. The molecule has 0 unspecified atom stereocenters. The van der Waals surface area contributed by atoms with Crippen LogP contribution in [0.4, 0.5) is 0 Å². The van der Waals surface area contributed by atoms with Gasteiger partial charge in [0.2, 0.25) is 5.91 Å². The van der Waals surface area contributed by atoms with Gasteiger partial charge in [0, 0.05) is 36.9 Å². The van der Waals surface area contributed by atoms with Crippen molar-refractivity contribution >= 4 is 17.2 Å². The summed E-state index contributed by atoms with van der Waals surface area (Å²) in [6, 6.07) is 6.47. The maximum absolute atomic E-state index is 11.6. The van der Waals surface area contributed by atoms with Crippen LogP contribution < -0.4 is 0 Å². The summed E-state index contributed by atoms with van der Waals surface area (Å²) in [6.07, 6.45) is 2.58. The fourth-order valence-electron chi connectivity index (χ4n) is 2.63. The van der Waals surface area contributed by atoms with Gasteiger partial charge in [-0.1, -0.05) is 12.1 Å². The second kappa shape index (κ2) is 5.98. The van der Waals surface area contributed by atoms with E-state index in [1.165, 1.54) is 16.7 Å². The van der Waals surface area contributed by atoms with E-state index in [1.807, 2.05) is 4.90 Å². The molecule has 2 heterocycles. The summed E-state index contributed by atoms with van der Waals surface area (Å²) < 4.78 is 0. The zero-order valence-corrected chi connectivity index (χ0v) is 13.4. The van der Waals surface area contributed by atoms with Crippen molar-refractivity contribution in [3.05, 3.63) is 39.7 Å². The molecule has 1 amide bonds. The average Bonchev–Trinajstić information content (AvgIpc) is 3.09. The molecule has 1 aliphatic heterocycles. The Bertz CT molecular complexity index is 663. The Morgan fingerprint density at radius 2 is 2.14 bits per heavy atom. The molecule has 0 saturated carbocycles. The highest BCUT2D eigenvalue weighted by molar-refractivity contribution is 7.09. The van der Waals surface area contributed by atoms with Crippen molar-refractivity contribution in [2.45, 2.75) is 33.1 Å². The predicted octanol–water partition coefficient (Wildman–Crippen LogP) is 3.59. The summed E-state index contributed by atoms with van der Waals surface area (Å²) in [5, 5.41) is 3.23. The molecule has 0 bridgehead atoms. The van der Waals surface area contributed by atoms with E-state index in [2.05, 4.69) is 37.4 Å². The van der Waals surface area contributed by atoms with Crippen LogP contribution in [0.15, 0.2) is 23.6 Å². The molecule has 3 rings (SSSR count). The second-order valence-electron chi connectivity index (χ2n) is 5.66. The molecule has 0 atom stereocenters. The molecular weight excluding hydrogens is 280 g/mol. The quantitative estimate of drug-likeness (QED) is 0.864. The fourth-order valence-corrected chi connectivity index (χ4v) is 3.43.